The fraction of sp³-hybridized carbons (Fsp3) is 0.391. The van der Waals surface area contributed by atoms with Gasteiger partial charge in [0.15, 0.2) is 0 Å². The Morgan fingerprint density at radius 1 is 1.10 bits per heavy atom. The lowest BCUT2D eigenvalue weighted by Crippen LogP contribution is -2.48. The molecule has 0 aliphatic heterocycles. The highest BCUT2D eigenvalue weighted by Gasteiger charge is 2.26. The van der Waals surface area contributed by atoms with E-state index in [1.165, 1.54) is 28.8 Å². The Bertz CT molecular complexity index is 894. The largest absolute Gasteiger partial charge is 0.354 e. The molecule has 2 amide bonds. The molecule has 0 heterocycles. The molecule has 0 aliphatic carbocycles. The Morgan fingerprint density at radius 2 is 1.77 bits per heavy atom. The number of nitrogens with one attached hydrogen (secondary N) is 1. The van der Waals surface area contributed by atoms with Crippen LogP contribution in [0.1, 0.15) is 31.9 Å². The minimum Gasteiger partial charge on any atom is -0.354 e. The van der Waals surface area contributed by atoms with Gasteiger partial charge < -0.3 is 10.2 Å². The van der Waals surface area contributed by atoms with Gasteiger partial charge in [0.2, 0.25) is 11.8 Å². The zero-order valence-electron chi connectivity index (χ0n) is 17.8. The molecule has 168 valence electrons. The number of carbonyl (C=O) groups is 2. The Hall–Kier alpha value is -1.76. The lowest BCUT2D eigenvalue weighted by molar-refractivity contribution is -0.138. The normalized spacial score (nSPS) is 12.0. The first-order valence-corrected chi connectivity index (χ1v) is 11.9. The van der Waals surface area contributed by atoms with Gasteiger partial charge in [0, 0.05) is 28.9 Å². The van der Waals surface area contributed by atoms with Crippen LogP contribution in [0.2, 0.25) is 10.0 Å². The van der Waals surface area contributed by atoms with E-state index in [2.05, 4.69) is 5.32 Å². The van der Waals surface area contributed by atoms with E-state index in [9.17, 15) is 14.0 Å². The molecule has 2 aromatic carbocycles. The van der Waals surface area contributed by atoms with Crippen LogP contribution in [0, 0.1) is 11.7 Å². The van der Waals surface area contributed by atoms with Crippen molar-refractivity contribution in [3.63, 3.8) is 0 Å². The van der Waals surface area contributed by atoms with Crippen LogP contribution in [-0.2, 0) is 21.9 Å². The molecule has 0 aliphatic rings. The molecule has 1 N–H and O–H groups in total. The van der Waals surface area contributed by atoms with Crippen molar-refractivity contribution in [2.24, 2.45) is 5.92 Å². The number of nitrogens with zero attached hydrogens (tertiary/aromatic N) is 1. The highest BCUT2D eigenvalue weighted by atomic mass is 35.5. The van der Waals surface area contributed by atoms with Gasteiger partial charge in [-0.2, -0.15) is 0 Å². The highest BCUT2D eigenvalue weighted by molar-refractivity contribution is 7.99. The second-order valence-electron chi connectivity index (χ2n) is 7.69. The topological polar surface area (TPSA) is 49.4 Å². The second kappa shape index (κ2) is 12.3. The molecule has 0 fully saturated rings. The third-order valence-electron chi connectivity index (χ3n) is 4.62. The average molecular weight is 485 g/mol. The smallest absolute Gasteiger partial charge is 0.242 e. The van der Waals surface area contributed by atoms with Gasteiger partial charge in [0.25, 0.3) is 0 Å². The number of thioether (sulfide) groups is 1. The zero-order valence-corrected chi connectivity index (χ0v) is 20.2. The summed E-state index contributed by atoms with van der Waals surface area (Å²) >= 11 is 13.5. The number of hydrogen-bond acceptors (Lipinski definition) is 3. The lowest BCUT2D eigenvalue weighted by Gasteiger charge is -2.29. The van der Waals surface area contributed by atoms with Gasteiger partial charge >= 0.3 is 0 Å². The van der Waals surface area contributed by atoms with Gasteiger partial charge in [-0.05, 0) is 48.2 Å². The summed E-state index contributed by atoms with van der Waals surface area (Å²) in [5.41, 5.74) is 1.64. The maximum Gasteiger partial charge on any atom is 0.242 e. The summed E-state index contributed by atoms with van der Waals surface area (Å²) in [4.78, 5) is 27.2. The third kappa shape index (κ3) is 8.36. The molecule has 4 nitrogen and oxygen atoms in total. The summed E-state index contributed by atoms with van der Waals surface area (Å²) in [6, 6.07) is 10.5. The SMILES string of the molecule is CC(C)CNC(=O)[C@@H](C)N(Cc1ccc(F)cc1)C(=O)CSCc1ccc(Cl)cc1Cl. The van der Waals surface area contributed by atoms with Crippen LogP contribution in [0.4, 0.5) is 4.39 Å². The van der Waals surface area contributed by atoms with Gasteiger partial charge in [0.1, 0.15) is 11.9 Å². The van der Waals surface area contributed by atoms with Crippen LogP contribution in [0.25, 0.3) is 0 Å². The van der Waals surface area contributed by atoms with Gasteiger partial charge in [-0.1, -0.05) is 55.2 Å². The summed E-state index contributed by atoms with van der Waals surface area (Å²) in [5, 5.41) is 3.99. The second-order valence-corrected chi connectivity index (χ2v) is 9.52. The Labute approximate surface area is 197 Å². The zero-order chi connectivity index (χ0) is 23.0. The van der Waals surface area contributed by atoms with Crippen molar-refractivity contribution in [3.8, 4) is 0 Å². The molecule has 0 saturated heterocycles. The first kappa shape index (κ1) is 25.5. The van der Waals surface area contributed by atoms with Crippen LogP contribution in [0.3, 0.4) is 0 Å². The first-order chi connectivity index (χ1) is 14.7. The number of halogens is 3. The number of carbonyl (C=O) groups excluding carboxylic acids is 2. The van der Waals surface area contributed by atoms with Crippen molar-refractivity contribution < 1.29 is 14.0 Å². The quantitative estimate of drug-likeness (QED) is 0.480. The number of rotatable bonds is 10. The monoisotopic (exact) mass is 484 g/mol. The molecule has 0 aromatic heterocycles. The van der Waals surface area contributed by atoms with Crippen LogP contribution in [-0.4, -0.2) is 35.1 Å². The van der Waals surface area contributed by atoms with Crippen molar-refractivity contribution >= 4 is 46.8 Å². The number of hydrogen-bond donors (Lipinski definition) is 1. The molecular formula is C23H27Cl2FN2O2S. The number of benzene rings is 2. The Kier molecular flexibility index (Phi) is 10.1. The molecule has 0 unspecified atom stereocenters. The van der Waals surface area contributed by atoms with Crippen LogP contribution in [0.15, 0.2) is 42.5 Å². The molecule has 31 heavy (non-hydrogen) atoms. The molecular weight excluding hydrogens is 458 g/mol. The Morgan fingerprint density at radius 3 is 2.39 bits per heavy atom. The maximum absolute atomic E-state index is 13.3. The molecule has 8 heteroatoms. The van der Waals surface area contributed by atoms with Crippen LogP contribution in [0.5, 0.6) is 0 Å². The van der Waals surface area contributed by atoms with E-state index in [0.29, 0.717) is 28.3 Å². The van der Waals surface area contributed by atoms with E-state index >= 15 is 0 Å². The molecule has 0 spiro atoms. The van der Waals surface area contributed by atoms with Crippen LogP contribution < -0.4 is 5.32 Å². The predicted molar refractivity (Wildman–Crippen MR) is 127 cm³/mol. The summed E-state index contributed by atoms with van der Waals surface area (Å²) in [6.07, 6.45) is 0. The van der Waals surface area contributed by atoms with Gasteiger partial charge in [0.05, 0.1) is 5.75 Å². The fourth-order valence-corrected chi connectivity index (χ4v) is 4.26. The standard InChI is InChI=1S/C23H27Cl2FN2O2S/c1-15(2)11-27-23(30)16(3)28(12-17-4-8-20(26)9-5-17)22(29)14-31-13-18-6-7-19(24)10-21(18)25/h4-10,15-16H,11-14H2,1-3H3,(H,27,30)/t16-/m1/s1. The van der Waals surface area contributed by atoms with Crippen LogP contribution >= 0.6 is 35.0 Å². The molecule has 2 aromatic rings. The fourth-order valence-electron chi connectivity index (χ4n) is 2.79. The average Bonchev–Trinajstić information content (AvgIpc) is 2.72. The molecule has 0 radical (unpaired) electrons. The van der Waals surface area contributed by atoms with E-state index < -0.39 is 6.04 Å². The van der Waals surface area contributed by atoms with E-state index in [1.54, 1.807) is 31.2 Å². The predicted octanol–water partition coefficient (Wildman–Crippen LogP) is 5.56. The van der Waals surface area contributed by atoms with E-state index in [1.807, 2.05) is 19.9 Å². The molecule has 2 rings (SSSR count). The van der Waals surface area contributed by atoms with Gasteiger partial charge in [-0.15, -0.1) is 11.8 Å². The van der Waals surface area contributed by atoms with Gasteiger partial charge in [-0.3, -0.25) is 9.59 Å². The maximum atomic E-state index is 13.3. The van der Waals surface area contributed by atoms with Crippen molar-refractivity contribution in [1.29, 1.82) is 0 Å². The van der Waals surface area contributed by atoms with Crippen molar-refractivity contribution in [3.05, 3.63) is 69.5 Å². The van der Waals surface area contributed by atoms with Gasteiger partial charge in [-0.25, -0.2) is 4.39 Å². The molecule has 0 saturated carbocycles. The van der Waals surface area contributed by atoms with E-state index in [-0.39, 0.29) is 29.9 Å². The van der Waals surface area contributed by atoms with E-state index in [0.717, 1.165) is 11.1 Å². The van der Waals surface area contributed by atoms with Crippen molar-refractivity contribution in [2.75, 3.05) is 12.3 Å². The summed E-state index contributed by atoms with van der Waals surface area (Å²) in [6.45, 7) is 6.47. The van der Waals surface area contributed by atoms with Crippen molar-refractivity contribution in [1.82, 2.24) is 10.2 Å². The van der Waals surface area contributed by atoms with Crippen molar-refractivity contribution in [2.45, 2.75) is 39.1 Å². The Balaban J connectivity index is 2.07. The third-order valence-corrected chi connectivity index (χ3v) is 6.17. The summed E-state index contributed by atoms with van der Waals surface area (Å²) in [7, 11) is 0. The highest BCUT2D eigenvalue weighted by Crippen LogP contribution is 2.25. The molecule has 0 bridgehead atoms. The molecule has 1 atom stereocenters. The first-order valence-electron chi connectivity index (χ1n) is 10.0. The number of amides is 2. The minimum absolute atomic E-state index is 0.174. The lowest BCUT2D eigenvalue weighted by atomic mass is 10.1. The minimum atomic E-state index is -0.656. The summed E-state index contributed by atoms with van der Waals surface area (Å²) < 4.78 is 13.3. The van der Waals surface area contributed by atoms with E-state index in [4.69, 9.17) is 23.2 Å². The summed E-state index contributed by atoms with van der Waals surface area (Å²) in [5.74, 6) is 0.292.